The molecule has 0 saturated heterocycles. The maximum Gasteiger partial charge on any atom is 0.312 e. The quantitative estimate of drug-likeness (QED) is 0.840. The molecule has 0 bridgehead atoms. The van der Waals surface area contributed by atoms with Crippen molar-refractivity contribution in [3.63, 3.8) is 0 Å². The second-order valence-electron chi connectivity index (χ2n) is 3.28. The Bertz CT molecular complexity index is 580. The molecule has 0 saturated carbocycles. The molecule has 1 aromatic heterocycles. The van der Waals surface area contributed by atoms with Gasteiger partial charge in [0.1, 0.15) is 11.9 Å². The minimum Gasteiger partial charge on any atom is -0.481 e. The summed E-state index contributed by atoms with van der Waals surface area (Å²) in [5.41, 5.74) is 1.84. The van der Waals surface area contributed by atoms with Crippen LogP contribution in [-0.2, 0) is 17.6 Å². The molecular weight excluding hydrogens is 208 g/mol. The van der Waals surface area contributed by atoms with Crippen LogP contribution in [0.15, 0.2) is 22.6 Å². The number of aromatic nitrogens is 1. The van der Waals surface area contributed by atoms with Crippen LogP contribution in [0.2, 0.25) is 0 Å². The fourth-order valence-corrected chi connectivity index (χ4v) is 1.48. The summed E-state index contributed by atoms with van der Waals surface area (Å²) in [6.07, 6.45) is -0.0168. The lowest BCUT2D eigenvalue weighted by Gasteiger charge is -1.92. The minimum atomic E-state index is -0.992. The van der Waals surface area contributed by atoms with E-state index in [1.54, 1.807) is 18.2 Å². The summed E-state index contributed by atoms with van der Waals surface area (Å²) in [5, 5.41) is 17.2. The summed E-state index contributed by atoms with van der Waals surface area (Å²) in [4.78, 5) is 14.6. The van der Waals surface area contributed by atoms with Crippen molar-refractivity contribution in [1.29, 1.82) is 5.26 Å². The molecule has 1 aromatic carbocycles. The topological polar surface area (TPSA) is 87.1 Å². The number of oxazole rings is 1. The average molecular weight is 216 g/mol. The number of carbonyl (C=O) groups is 1. The zero-order valence-electron chi connectivity index (χ0n) is 8.30. The molecule has 0 atom stereocenters. The molecule has 0 radical (unpaired) electrons. The number of fused-ring (bicyclic) bond motifs is 1. The first kappa shape index (κ1) is 10.2. The molecule has 0 spiro atoms. The molecule has 0 aliphatic carbocycles. The van der Waals surface area contributed by atoms with E-state index in [4.69, 9.17) is 14.8 Å². The fraction of sp³-hybridized carbons (Fsp3) is 0.182. The van der Waals surface area contributed by atoms with Crippen LogP contribution in [0.1, 0.15) is 11.5 Å². The van der Waals surface area contributed by atoms with Crippen molar-refractivity contribution >= 4 is 17.1 Å². The molecule has 2 rings (SSSR count). The first-order valence-electron chi connectivity index (χ1n) is 4.67. The summed E-state index contributed by atoms with van der Waals surface area (Å²) in [7, 11) is 0. The summed E-state index contributed by atoms with van der Waals surface area (Å²) in [5.74, 6) is -0.832. The maximum absolute atomic E-state index is 10.5. The van der Waals surface area contributed by atoms with Crippen LogP contribution in [0.25, 0.3) is 11.1 Å². The SMILES string of the molecule is N#CCc1cccc2oc(CC(=O)O)nc12. The van der Waals surface area contributed by atoms with E-state index in [-0.39, 0.29) is 18.7 Å². The lowest BCUT2D eigenvalue weighted by molar-refractivity contribution is -0.136. The minimum absolute atomic E-state index is 0.160. The summed E-state index contributed by atoms with van der Waals surface area (Å²) in [6.45, 7) is 0. The van der Waals surface area contributed by atoms with Crippen LogP contribution in [0.5, 0.6) is 0 Å². The van der Waals surface area contributed by atoms with Crippen LogP contribution in [0.4, 0.5) is 0 Å². The van der Waals surface area contributed by atoms with Crippen molar-refractivity contribution in [1.82, 2.24) is 4.98 Å². The molecule has 5 nitrogen and oxygen atoms in total. The number of nitrogens with zero attached hydrogens (tertiary/aromatic N) is 2. The molecule has 2 aromatic rings. The van der Waals surface area contributed by atoms with E-state index < -0.39 is 5.97 Å². The lowest BCUT2D eigenvalue weighted by atomic mass is 10.1. The van der Waals surface area contributed by atoms with Gasteiger partial charge in [-0.1, -0.05) is 12.1 Å². The number of aliphatic carboxylic acids is 1. The van der Waals surface area contributed by atoms with E-state index in [0.29, 0.717) is 11.1 Å². The third-order valence-electron chi connectivity index (χ3n) is 2.12. The van der Waals surface area contributed by atoms with Gasteiger partial charge in [0.2, 0.25) is 5.89 Å². The Hall–Kier alpha value is -2.35. The monoisotopic (exact) mass is 216 g/mol. The van der Waals surface area contributed by atoms with Crippen molar-refractivity contribution in [2.75, 3.05) is 0 Å². The fourth-order valence-electron chi connectivity index (χ4n) is 1.48. The van der Waals surface area contributed by atoms with Crippen LogP contribution in [0.3, 0.4) is 0 Å². The second-order valence-corrected chi connectivity index (χ2v) is 3.28. The summed E-state index contributed by atoms with van der Waals surface area (Å²) >= 11 is 0. The molecule has 0 aliphatic heterocycles. The number of hydrogen-bond donors (Lipinski definition) is 1. The zero-order chi connectivity index (χ0) is 11.5. The number of nitriles is 1. The predicted octanol–water partition coefficient (Wildman–Crippen LogP) is 1.52. The number of rotatable bonds is 3. The Labute approximate surface area is 90.9 Å². The van der Waals surface area contributed by atoms with Gasteiger partial charge in [-0.25, -0.2) is 4.98 Å². The molecule has 16 heavy (non-hydrogen) atoms. The van der Waals surface area contributed by atoms with Gasteiger partial charge in [0.15, 0.2) is 5.58 Å². The highest BCUT2D eigenvalue weighted by Gasteiger charge is 2.11. The highest BCUT2D eigenvalue weighted by atomic mass is 16.4. The van der Waals surface area contributed by atoms with Crippen molar-refractivity contribution in [2.24, 2.45) is 0 Å². The molecule has 1 heterocycles. The van der Waals surface area contributed by atoms with Crippen LogP contribution < -0.4 is 0 Å². The molecule has 1 N–H and O–H groups in total. The predicted molar refractivity (Wildman–Crippen MR) is 54.7 cm³/mol. The Morgan fingerprint density at radius 3 is 3.06 bits per heavy atom. The van der Waals surface area contributed by atoms with Gasteiger partial charge in [-0.05, 0) is 11.6 Å². The van der Waals surface area contributed by atoms with Gasteiger partial charge >= 0.3 is 5.97 Å². The van der Waals surface area contributed by atoms with Crippen LogP contribution in [-0.4, -0.2) is 16.1 Å². The standard InChI is InChI=1S/C11H8N2O3/c12-5-4-7-2-1-3-8-11(7)13-9(16-8)6-10(14)15/h1-3H,4,6H2,(H,14,15). The Morgan fingerprint density at radius 1 is 1.56 bits per heavy atom. The zero-order valence-corrected chi connectivity index (χ0v) is 8.30. The van der Waals surface area contributed by atoms with Gasteiger partial charge in [-0.2, -0.15) is 5.26 Å². The van der Waals surface area contributed by atoms with Gasteiger partial charge in [-0.15, -0.1) is 0 Å². The third kappa shape index (κ3) is 1.86. The van der Waals surface area contributed by atoms with Gasteiger partial charge in [0.25, 0.3) is 0 Å². The van der Waals surface area contributed by atoms with E-state index in [2.05, 4.69) is 4.98 Å². The number of para-hydroxylation sites is 1. The highest BCUT2D eigenvalue weighted by Crippen LogP contribution is 2.20. The third-order valence-corrected chi connectivity index (χ3v) is 2.12. The van der Waals surface area contributed by atoms with E-state index in [1.165, 1.54) is 0 Å². The van der Waals surface area contributed by atoms with Crippen LogP contribution >= 0.6 is 0 Å². The van der Waals surface area contributed by atoms with Gasteiger partial charge < -0.3 is 9.52 Å². The van der Waals surface area contributed by atoms with Crippen molar-refractivity contribution < 1.29 is 14.3 Å². The molecule has 5 heteroatoms. The van der Waals surface area contributed by atoms with Gasteiger partial charge in [0, 0.05) is 0 Å². The molecular formula is C11H8N2O3. The number of carboxylic acid groups (broad SMARTS) is 1. The molecule has 0 unspecified atom stereocenters. The average Bonchev–Trinajstić information content (AvgIpc) is 2.60. The summed E-state index contributed by atoms with van der Waals surface area (Å²) in [6, 6.07) is 7.26. The molecule has 0 amide bonds. The first-order chi connectivity index (χ1) is 7.70. The second kappa shape index (κ2) is 4.03. The largest absolute Gasteiger partial charge is 0.481 e. The van der Waals surface area contributed by atoms with Gasteiger partial charge in [-0.3, -0.25) is 4.79 Å². The maximum atomic E-state index is 10.5. The smallest absolute Gasteiger partial charge is 0.312 e. The summed E-state index contributed by atoms with van der Waals surface area (Å²) < 4.78 is 5.26. The van der Waals surface area contributed by atoms with E-state index in [9.17, 15) is 4.79 Å². The number of carboxylic acids is 1. The molecule has 80 valence electrons. The van der Waals surface area contributed by atoms with Crippen molar-refractivity contribution in [3.8, 4) is 6.07 Å². The number of benzene rings is 1. The number of hydrogen-bond acceptors (Lipinski definition) is 4. The normalized spacial score (nSPS) is 10.2. The Balaban J connectivity index is 2.48. The Kier molecular flexibility index (Phi) is 2.56. The Morgan fingerprint density at radius 2 is 2.38 bits per heavy atom. The van der Waals surface area contributed by atoms with E-state index in [0.717, 1.165) is 5.56 Å². The first-order valence-corrected chi connectivity index (χ1v) is 4.67. The molecule has 0 aliphatic rings. The van der Waals surface area contributed by atoms with Gasteiger partial charge in [0.05, 0.1) is 12.5 Å². The lowest BCUT2D eigenvalue weighted by Crippen LogP contribution is -1.99. The van der Waals surface area contributed by atoms with Crippen molar-refractivity contribution in [2.45, 2.75) is 12.8 Å². The van der Waals surface area contributed by atoms with E-state index in [1.807, 2.05) is 6.07 Å². The molecule has 0 fully saturated rings. The highest BCUT2D eigenvalue weighted by molar-refractivity contribution is 5.78. The van der Waals surface area contributed by atoms with Crippen molar-refractivity contribution in [3.05, 3.63) is 29.7 Å². The van der Waals surface area contributed by atoms with Crippen LogP contribution in [0, 0.1) is 11.3 Å². The van der Waals surface area contributed by atoms with E-state index >= 15 is 0 Å².